The molecule has 1 aromatic rings. The fourth-order valence-corrected chi connectivity index (χ4v) is 2.42. The average Bonchev–Trinajstić information content (AvgIpc) is 2.29. The lowest BCUT2D eigenvalue weighted by Crippen LogP contribution is -2.02. The van der Waals surface area contributed by atoms with Crippen LogP contribution in [0.15, 0.2) is 5.03 Å². The Morgan fingerprint density at radius 2 is 2.06 bits per heavy atom. The van der Waals surface area contributed by atoms with Crippen LogP contribution in [0.2, 0.25) is 5.15 Å². The van der Waals surface area contributed by atoms with Crippen molar-refractivity contribution < 1.29 is 4.74 Å². The summed E-state index contributed by atoms with van der Waals surface area (Å²) in [5, 5.41) is 1.56. The predicted octanol–water partition coefficient (Wildman–Crippen LogP) is 3.69. The van der Waals surface area contributed by atoms with Crippen LogP contribution in [0.3, 0.4) is 0 Å². The SMILES string of the molecule is COCCCSc1nc(C(C)C)nc(Cl)c1C. The van der Waals surface area contributed by atoms with Gasteiger partial charge >= 0.3 is 0 Å². The molecule has 1 heterocycles. The molecule has 0 aromatic carbocycles. The van der Waals surface area contributed by atoms with Crippen molar-refractivity contribution in [2.24, 2.45) is 0 Å². The molecule has 0 bridgehead atoms. The Balaban J connectivity index is 2.75. The molecule has 0 aliphatic carbocycles. The third-order valence-electron chi connectivity index (χ3n) is 2.31. The molecule has 1 aromatic heterocycles. The molecule has 0 aliphatic heterocycles. The number of nitrogens with zero attached hydrogens (tertiary/aromatic N) is 2. The second-order valence-corrected chi connectivity index (χ2v) is 5.59. The fourth-order valence-electron chi connectivity index (χ4n) is 1.26. The maximum atomic E-state index is 6.11. The first-order valence-corrected chi connectivity index (χ1v) is 7.08. The monoisotopic (exact) mass is 274 g/mol. The van der Waals surface area contributed by atoms with E-state index in [0.29, 0.717) is 11.1 Å². The summed E-state index contributed by atoms with van der Waals surface area (Å²) in [6.07, 6.45) is 1.01. The lowest BCUT2D eigenvalue weighted by Gasteiger charge is -2.10. The lowest BCUT2D eigenvalue weighted by molar-refractivity contribution is 0.200. The van der Waals surface area contributed by atoms with E-state index < -0.39 is 0 Å². The van der Waals surface area contributed by atoms with Crippen molar-refractivity contribution >= 4 is 23.4 Å². The molecule has 0 N–H and O–H groups in total. The summed E-state index contributed by atoms with van der Waals surface area (Å²) in [4.78, 5) is 8.85. The quantitative estimate of drug-likeness (QED) is 0.450. The van der Waals surface area contributed by atoms with E-state index in [1.165, 1.54) is 0 Å². The minimum absolute atomic E-state index is 0.298. The van der Waals surface area contributed by atoms with Crippen LogP contribution < -0.4 is 0 Å². The molecule has 0 unspecified atom stereocenters. The third-order valence-corrected chi connectivity index (χ3v) is 3.84. The first-order chi connectivity index (χ1) is 8.06. The van der Waals surface area contributed by atoms with Crippen LogP contribution >= 0.6 is 23.4 Å². The molecule has 17 heavy (non-hydrogen) atoms. The van der Waals surface area contributed by atoms with Crippen LogP contribution in [-0.2, 0) is 4.74 Å². The van der Waals surface area contributed by atoms with Crippen molar-refractivity contribution in [2.45, 2.75) is 38.1 Å². The van der Waals surface area contributed by atoms with Crippen molar-refractivity contribution in [1.82, 2.24) is 9.97 Å². The van der Waals surface area contributed by atoms with Crippen LogP contribution in [0.25, 0.3) is 0 Å². The van der Waals surface area contributed by atoms with Crippen LogP contribution in [-0.4, -0.2) is 29.4 Å². The number of methoxy groups -OCH3 is 1. The van der Waals surface area contributed by atoms with E-state index >= 15 is 0 Å². The zero-order chi connectivity index (χ0) is 12.8. The third kappa shape index (κ3) is 4.45. The second kappa shape index (κ2) is 7.19. The van der Waals surface area contributed by atoms with Crippen molar-refractivity contribution in [3.05, 3.63) is 16.5 Å². The van der Waals surface area contributed by atoms with Gasteiger partial charge in [0.25, 0.3) is 0 Å². The van der Waals surface area contributed by atoms with Crippen molar-refractivity contribution in [3.8, 4) is 0 Å². The van der Waals surface area contributed by atoms with Gasteiger partial charge in [-0.3, -0.25) is 0 Å². The summed E-state index contributed by atoms with van der Waals surface area (Å²) in [6.45, 7) is 6.88. The van der Waals surface area contributed by atoms with Gasteiger partial charge in [-0.25, -0.2) is 9.97 Å². The number of rotatable bonds is 6. The molecule has 96 valence electrons. The zero-order valence-electron chi connectivity index (χ0n) is 10.8. The largest absolute Gasteiger partial charge is 0.385 e. The highest BCUT2D eigenvalue weighted by Gasteiger charge is 2.11. The van der Waals surface area contributed by atoms with Gasteiger partial charge in [0.2, 0.25) is 0 Å². The normalized spacial score (nSPS) is 11.2. The van der Waals surface area contributed by atoms with Crippen LogP contribution in [0.1, 0.15) is 37.6 Å². The Hall–Kier alpha value is -0.320. The van der Waals surface area contributed by atoms with Crippen LogP contribution in [0.4, 0.5) is 0 Å². The van der Waals surface area contributed by atoms with E-state index in [2.05, 4.69) is 23.8 Å². The minimum atomic E-state index is 0.298. The van der Waals surface area contributed by atoms with Gasteiger partial charge < -0.3 is 4.74 Å². The van der Waals surface area contributed by atoms with Gasteiger partial charge in [0.1, 0.15) is 16.0 Å². The fraction of sp³-hybridized carbons (Fsp3) is 0.667. The molecular weight excluding hydrogens is 256 g/mol. The topological polar surface area (TPSA) is 35.0 Å². The van der Waals surface area contributed by atoms with Crippen LogP contribution in [0.5, 0.6) is 0 Å². The predicted molar refractivity (Wildman–Crippen MR) is 73.1 cm³/mol. The number of hydrogen-bond acceptors (Lipinski definition) is 4. The number of halogens is 1. The summed E-state index contributed by atoms with van der Waals surface area (Å²) < 4.78 is 5.02. The summed E-state index contributed by atoms with van der Waals surface area (Å²) in [5.41, 5.74) is 0.971. The molecule has 5 heteroatoms. The van der Waals surface area contributed by atoms with Crippen molar-refractivity contribution in [2.75, 3.05) is 19.5 Å². The van der Waals surface area contributed by atoms with Gasteiger partial charge in [0, 0.05) is 31.0 Å². The molecule has 1 rings (SSSR count). The molecule has 0 saturated carbocycles. The van der Waals surface area contributed by atoms with Gasteiger partial charge in [0.15, 0.2) is 0 Å². The maximum Gasteiger partial charge on any atom is 0.136 e. The van der Waals surface area contributed by atoms with E-state index in [-0.39, 0.29) is 0 Å². The average molecular weight is 275 g/mol. The zero-order valence-corrected chi connectivity index (χ0v) is 12.4. The number of hydrogen-bond donors (Lipinski definition) is 0. The standard InChI is InChI=1S/C12H19ClN2OS/c1-8(2)11-14-10(13)9(3)12(15-11)17-7-5-6-16-4/h8H,5-7H2,1-4H3. The van der Waals surface area contributed by atoms with Gasteiger partial charge in [0.05, 0.1) is 0 Å². The number of thioether (sulfide) groups is 1. The first-order valence-electron chi connectivity index (χ1n) is 5.72. The van der Waals surface area contributed by atoms with E-state index in [4.69, 9.17) is 16.3 Å². The van der Waals surface area contributed by atoms with Crippen molar-refractivity contribution in [3.63, 3.8) is 0 Å². The molecular formula is C12H19ClN2OS. The molecule has 0 aliphatic rings. The van der Waals surface area contributed by atoms with E-state index in [1.807, 2.05) is 6.92 Å². The highest BCUT2D eigenvalue weighted by molar-refractivity contribution is 7.99. The molecule has 0 radical (unpaired) electrons. The summed E-state index contributed by atoms with van der Waals surface area (Å²) in [7, 11) is 1.72. The maximum absolute atomic E-state index is 6.11. The molecule has 0 atom stereocenters. The molecule has 0 spiro atoms. The van der Waals surface area contributed by atoms with Gasteiger partial charge in [-0.2, -0.15) is 0 Å². The summed E-state index contributed by atoms with van der Waals surface area (Å²) in [6, 6.07) is 0. The highest BCUT2D eigenvalue weighted by atomic mass is 35.5. The number of ether oxygens (including phenoxy) is 1. The molecule has 0 fully saturated rings. The summed E-state index contributed by atoms with van der Waals surface area (Å²) >= 11 is 7.83. The Labute approximate surface area is 112 Å². The highest BCUT2D eigenvalue weighted by Crippen LogP contribution is 2.27. The Kier molecular flexibility index (Phi) is 6.23. The first kappa shape index (κ1) is 14.7. The van der Waals surface area contributed by atoms with Crippen LogP contribution in [0, 0.1) is 6.92 Å². The minimum Gasteiger partial charge on any atom is -0.385 e. The smallest absolute Gasteiger partial charge is 0.136 e. The summed E-state index contributed by atoms with van der Waals surface area (Å²) in [5.74, 6) is 2.10. The van der Waals surface area contributed by atoms with E-state index in [0.717, 1.165) is 35.2 Å². The molecule has 0 saturated heterocycles. The molecule has 3 nitrogen and oxygen atoms in total. The van der Waals surface area contributed by atoms with E-state index in [1.54, 1.807) is 18.9 Å². The second-order valence-electron chi connectivity index (χ2n) is 4.15. The van der Waals surface area contributed by atoms with Gasteiger partial charge in [-0.1, -0.05) is 25.4 Å². The van der Waals surface area contributed by atoms with Crippen molar-refractivity contribution in [1.29, 1.82) is 0 Å². The number of aromatic nitrogens is 2. The Morgan fingerprint density at radius 1 is 1.35 bits per heavy atom. The lowest BCUT2D eigenvalue weighted by atomic mass is 10.2. The van der Waals surface area contributed by atoms with Gasteiger partial charge in [-0.05, 0) is 13.3 Å². The molecule has 0 amide bonds. The van der Waals surface area contributed by atoms with E-state index in [9.17, 15) is 0 Å². The van der Waals surface area contributed by atoms with Gasteiger partial charge in [-0.15, -0.1) is 11.8 Å². The Morgan fingerprint density at radius 3 is 2.65 bits per heavy atom. The Bertz CT molecular complexity index is 372.